The van der Waals surface area contributed by atoms with Gasteiger partial charge < -0.3 is 14.9 Å². The lowest BCUT2D eigenvalue weighted by molar-refractivity contribution is -0.140. The molecule has 1 aliphatic heterocycles. The molecule has 1 atom stereocenters. The zero-order chi connectivity index (χ0) is 27.0. The molecule has 1 saturated heterocycles. The number of amides is 1. The number of hydrogen-bond donors (Lipinski definition) is 1. The Hall–Kier alpha value is -3.01. The highest BCUT2D eigenvalue weighted by Gasteiger charge is 2.46. The molecule has 1 fully saturated rings. The number of sulfonamides is 1. The molecule has 1 heterocycles. The van der Waals surface area contributed by atoms with Crippen LogP contribution in [-0.4, -0.2) is 80.6 Å². The van der Waals surface area contributed by atoms with E-state index in [1.165, 1.54) is 43.3 Å². The molecule has 1 N–H and O–H groups in total. The molecule has 2 aromatic carbocycles. The highest BCUT2D eigenvalue weighted by atomic mass is 32.2. The van der Waals surface area contributed by atoms with Gasteiger partial charge in [0.2, 0.25) is 10.0 Å². The van der Waals surface area contributed by atoms with Crippen molar-refractivity contribution in [1.29, 1.82) is 0 Å². The molecule has 0 aromatic heterocycles. The van der Waals surface area contributed by atoms with Crippen LogP contribution >= 0.6 is 0 Å². The minimum atomic E-state index is -3.65. The Morgan fingerprint density at radius 1 is 0.944 bits per heavy atom. The highest BCUT2D eigenvalue weighted by Crippen LogP contribution is 2.40. The number of carbonyl (C=O) groups is 2. The Morgan fingerprint density at radius 3 is 1.97 bits per heavy atom. The van der Waals surface area contributed by atoms with Gasteiger partial charge in [0, 0.05) is 32.7 Å². The van der Waals surface area contributed by atoms with Crippen molar-refractivity contribution in [3.05, 3.63) is 70.8 Å². The van der Waals surface area contributed by atoms with Gasteiger partial charge in [-0.2, -0.15) is 0 Å². The van der Waals surface area contributed by atoms with E-state index in [4.69, 9.17) is 0 Å². The first-order chi connectivity index (χ1) is 16.7. The minimum absolute atomic E-state index is 0.00881. The summed E-state index contributed by atoms with van der Waals surface area (Å²) >= 11 is 0. The van der Waals surface area contributed by atoms with Gasteiger partial charge in [0.25, 0.3) is 11.7 Å². The summed E-state index contributed by atoms with van der Waals surface area (Å²) < 4.78 is 25.9. The Morgan fingerprint density at radius 2 is 1.50 bits per heavy atom. The van der Waals surface area contributed by atoms with E-state index in [0.29, 0.717) is 18.7 Å². The molecule has 0 radical (unpaired) electrons. The SMILES string of the molecule is CN(C)CCN1C(=O)C(=O)/C(=C(\O)c2ccc(S(=O)(=O)N(C)C)cc2)C1c1ccc(C(C)(C)C)cc1. The second-order valence-corrected chi connectivity index (χ2v) is 12.6. The van der Waals surface area contributed by atoms with E-state index in [1.807, 2.05) is 43.3 Å². The van der Waals surface area contributed by atoms with Crippen LogP contribution in [0.5, 0.6) is 0 Å². The van der Waals surface area contributed by atoms with Gasteiger partial charge in [-0.1, -0.05) is 45.0 Å². The van der Waals surface area contributed by atoms with Crippen LogP contribution in [0.25, 0.3) is 5.76 Å². The molecule has 2 aromatic rings. The van der Waals surface area contributed by atoms with Gasteiger partial charge in [-0.3, -0.25) is 9.59 Å². The molecule has 3 rings (SSSR count). The van der Waals surface area contributed by atoms with Crippen LogP contribution in [0.3, 0.4) is 0 Å². The van der Waals surface area contributed by atoms with Crippen LogP contribution < -0.4 is 0 Å². The first kappa shape index (κ1) is 27.6. The number of ketones is 1. The van der Waals surface area contributed by atoms with E-state index in [-0.39, 0.29) is 27.2 Å². The molecule has 9 heteroatoms. The number of hydrogen-bond acceptors (Lipinski definition) is 6. The quantitative estimate of drug-likeness (QED) is 0.347. The van der Waals surface area contributed by atoms with Crippen LogP contribution in [0.1, 0.15) is 43.5 Å². The summed E-state index contributed by atoms with van der Waals surface area (Å²) in [6.45, 7) is 7.16. The summed E-state index contributed by atoms with van der Waals surface area (Å²) in [6.07, 6.45) is 0. The molecule has 0 bridgehead atoms. The average molecular weight is 514 g/mol. The van der Waals surface area contributed by atoms with Crippen molar-refractivity contribution in [2.24, 2.45) is 0 Å². The van der Waals surface area contributed by atoms with Crippen LogP contribution in [0.4, 0.5) is 0 Å². The number of aliphatic hydroxyl groups is 1. The Labute approximate surface area is 213 Å². The number of benzene rings is 2. The van der Waals surface area contributed by atoms with Crippen molar-refractivity contribution in [2.75, 3.05) is 41.3 Å². The minimum Gasteiger partial charge on any atom is -0.507 e. The molecule has 194 valence electrons. The molecular weight excluding hydrogens is 478 g/mol. The maximum atomic E-state index is 13.2. The third-order valence-electron chi connectivity index (χ3n) is 6.33. The average Bonchev–Trinajstić information content (AvgIpc) is 3.06. The van der Waals surface area contributed by atoms with Crippen molar-refractivity contribution in [3.8, 4) is 0 Å². The number of likely N-dealkylation sites (N-methyl/N-ethyl adjacent to an activating group) is 1. The van der Waals surface area contributed by atoms with Gasteiger partial charge in [-0.15, -0.1) is 0 Å². The first-order valence-corrected chi connectivity index (χ1v) is 13.2. The summed E-state index contributed by atoms with van der Waals surface area (Å²) in [4.78, 5) is 29.7. The maximum Gasteiger partial charge on any atom is 0.295 e. The number of nitrogens with zero attached hydrogens (tertiary/aromatic N) is 3. The van der Waals surface area contributed by atoms with Crippen molar-refractivity contribution in [1.82, 2.24) is 14.1 Å². The lowest BCUT2D eigenvalue weighted by atomic mass is 9.85. The molecule has 36 heavy (non-hydrogen) atoms. The molecule has 8 nitrogen and oxygen atoms in total. The van der Waals surface area contributed by atoms with Crippen LogP contribution in [-0.2, 0) is 25.0 Å². The topological polar surface area (TPSA) is 98.2 Å². The second kappa shape index (κ2) is 10.2. The molecular formula is C27H35N3O5S. The lowest BCUT2D eigenvalue weighted by Gasteiger charge is -2.27. The summed E-state index contributed by atoms with van der Waals surface area (Å²) in [5, 5.41) is 11.2. The molecule has 0 spiro atoms. The third-order valence-corrected chi connectivity index (χ3v) is 8.16. The smallest absolute Gasteiger partial charge is 0.295 e. The lowest BCUT2D eigenvalue weighted by Crippen LogP contribution is -2.35. The fraction of sp³-hybridized carbons (Fsp3) is 0.407. The predicted molar refractivity (Wildman–Crippen MR) is 140 cm³/mol. The molecule has 1 aliphatic rings. The summed E-state index contributed by atoms with van der Waals surface area (Å²) in [5.74, 6) is -1.77. The molecule has 1 unspecified atom stereocenters. The maximum absolute atomic E-state index is 13.2. The second-order valence-electron chi connectivity index (χ2n) is 10.5. The van der Waals surface area contributed by atoms with Crippen molar-refractivity contribution in [3.63, 3.8) is 0 Å². The Kier molecular flexibility index (Phi) is 7.78. The van der Waals surface area contributed by atoms with Gasteiger partial charge in [0.15, 0.2) is 0 Å². The third kappa shape index (κ3) is 5.38. The first-order valence-electron chi connectivity index (χ1n) is 11.7. The van der Waals surface area contributed by atoms with E-state index in [9.17, 15) is 23.1 Å². The van der Waals surface area contributed by atoms with E-state index >= 15 is 0 Å². The fourth-order valence-corrected chi connectivity index (χ4v) is 4.98. The van der Waals surface area contributed by atoms with Crippen molar-refractivity contribution < 1.29 is 23.1 Å². The summed E-state index contributed by atoms with van der Waals surface area (Å²) in [5.41, 5.74) is 2.00. The van der Waals surface area contributed by atoms with Crippen molar-refractivity contribution in [2.45, 2.75) is 37.1 Å². The molecule has 1 amide bonds. The van der Waals surface area contributed by atoms with Gasteiger partial charge in [0.05, 0.1) is 16.5 Å². The van der Waals surface area contributed by atoms with E-state index in [1.54, 1.807) is 0 Å². The molecule has 0 aliphatic carbocycles. The van der Waals surface area contributed by atoms with Gasteiger partial charge in [-0.25, -0.2) is 12.7 Å². The van der Waals surface area contributed by atoms with Crippen molar-refractivity contribution >= 4 is 27.5 Å². The zero-order valence-electron chi connectivity index (χ0n) is 21.9. The van der Waals surface area contributed by atoms with Crippen LogP contribution in [0.2, 0.25) is 0 Å². The van der Waals surface area contributed by atoms with Crippen LogP contribution in [0, 0.1) is 0 Å². The van der Waals surface area contributed by atoms with E-state index in [2.05, 4.69) is 20.8 Å². The standard InChI is InChI=1S/C27H35N3O5S/c1-27(2,3)20-12-8-18(9-13-20)23-22(25(32)26(33)30(23)17-16-28(4)5)24(31)19-10-14-21(15-11-19)36(34,35)29(6)7/h8-15,23,31H,16-17H2,1-7H3/b24-22-. The van der Waals surface area contributed by atoms with Gasteiger partial charge in [-0.05, 0) is 54.9 Å². The number of carbonyl (C=O) groups excluding carboxylic acids is 2. The highest BCUT2D eigenvalue weighted by molar-refractivity contribution is 7.89. The Balaban J connectivity index is 2.13. The van der Waals surface area contributed by atoms with Crippen LogP contribution in [0.15, 0.2) is 59.0 Å². The summed E-state index contributed by atoms with van der Waals surface area (Å²) in [7, 11) is 2.98. The monoisotopic (exact) mass is 513 g/mol. The fourth-order valence-electron chi connectivity index (χ4n) is 4.08. The number of Topliss-reactive ketones (excluding diaryl/α,β-unsaturated/α-hetero) is 1. The molecule has 0 saturated carbocycles. The van der Waals surface area contributed by atoms with E-state index < -0.39 is 27.8 Å². The summed E-state index contributed by atoms with van der Waals surface area (Å²) in [6, 6.07) is 12.6. The predicted octanol–water partition coefficient (Wildman–Crippen LogP) is 3.22. The Bertz CT molecular complexity index is 1270. The number of likely N-dealkylation sites (tertiary alicyclic amines) is 1. The van der Waals surface area contributed by atoms with Gasteiger partial charge in [0.1, 0.15) is 5.76 Å². The largest absolute Gasteiger partial charge is 0.507 e. The zero-order valence-corrected chi connectivity index (χ0v) is 22.8. The number of rotatable bonds is 7. The van der Waals surface area contributed by atoms with Gasteiger partial charge >= 0.3 is 0 Å². The number of aliphatic hydroxyl groups excluding tert-OH is 1. The van der Waals surface area contributed by atoms with E-state index in [0.717, 1.165) is 9.87 Å². The normalized spacial score (nSPS) is 18.5.